The van der Waals surface area contributed by atoms with Crippen LogP contribution in [-0.4, -0.2) is 22.0 Å². The van der Waals surface area contributed by atoms with Crippen LogP contribution in [0, 0.1) is 0 Å². The number of hydrogen-bond donors (Lipinski definition) is 2. The summed E-state index contributed by atoms with van der Waals surface area (Å²) in [5.41, 5.74) is 0.534. The minimum absolute atomic E-state index is 0.0660. The van der Waals surface area contributed by atoms with Crippen LogP contribution in [0.2, 0.25) is 5.02 Å². The van der Waals surface area contributed by atoms with E-state index in [0.717, 1.165) is 11.4 Å². The van der Waals surface area contributed by atoms with Gasteiger partial charge in [-0.25, -0.2) is 0 Å². The molecule has 0 spiro atoms. The highest BCUT2D eigenvalue weighted by atomic mass is 35.5. The van der Waals surface area contributed by atoms with Gasteiger partial charge >= 0.3 is 0 Å². The van der Waals surface area contributed by atoms with Gasteiger partial charge in [-0.1, -0.05) is 42.0 Å². The van der Waals surface area contributed by atoms with E-state index in [2.05, 4.69) is 20.8 Å². The lowest BCUT2D eigenvalue weighted by Crippen LogP contribution is -2.17. The van der Waals surface area contributed by atoms with Crippen molar-refractivity contribution in [1.29, 1.82) is 0 Å². The Kier molecular flexibility index (Phi) is 5.85. The third kappa shape index (κ3) is 4.78. The molecule has 8 heteroatoms. The Bertz CT molecular complexity index is 674. The molecule has 116 valence electrons. The second-order valence-corrected chi connectivity index (χ2v) is 5.90. The zero-order chi connectivity index (χ0) is 15.9. The first kappa shape index (κ1) is 16.4. The number of aryl methyl sites for hydroxylation is 1. The quantitative estimate of drug-likeness (QED) is 0.847. The Labute approximate surface area is 136 Å². The molecule has 2 rings (SSSR count). The normalized spacial score (nSPS) is 10.3. The molecule has 0 bridgehead atoms. The van der Waals surface area contributed by atoms with Gasteiger partial charge < -0.3 is 10.6 Å². The highest BCUT2D eigenvalue weighted by Gasteiger charge is 2.11. The average molecular weight is 339 g/mol. The Morgan fingerprint density at radius 3 is 2.45 bits per heavy atom. The fourth-order valence-electron chi connectivity index (χ4n) is 1.63. The first-order valence-corrected chi connectivity index (χ1v) is 7.94. The summed E-state index contributed by atoms with van der Waals surface area (Å²) >= 11 is 7.27. The number of nitrogens with one attached hydrogen (secondary N) is 2. The van der Waals surface area contributed by atoms with Crippen LogP contribution in [0.15, 0.2) is 24.3 Å². The monoisotopic (exact) mass is 338 g/mol. The molecule has 22 heavy (non-hydrogen) atoms. The molecule has 1 heterocycles. The van der Waals surface area contributed by atoms with Crippen molar-refractivity contribution in [3.63, 3.8) is 0 Å². The summed E-state index contributed by atoms with van der Waals surface area (Å²) in [6.07, 6.45) is 0.904. The summed E-state index contributed by atoms with van der Waals surface area (Å²) in [6.45, 7) is 1.96. The first-order valence-electron chi connectivity index (χ1n) is 6.75. The molecular weight excluding hydrogens is 324 g/mol. The predicted molar refractivity (Wildman–Crippen MR) is 87.2 cm³/mol. The summed E-state index contributed by atoms with van der Waals surface area (Å²) in [7, 11) is 0. The fraction of sp³-hybridized carbons (Fsp3) is 0.286. The number of halogens is 1. The summed E-state index contributed by atoms with van der Waals surface area (Å²) < 4.78 is 0. The molecule has 1 aromatic heterocycles. The van der Waals surface area contributed by atoms with Gasteiger partial charge in [0.05, 0.1) is 10.7 Å². The summed E-state index contributed by atoms with van der Waals surface area (Å²) in [6, 6.07) is 6.94. The van der Waals surface area contributed by atoms with E-state index >= 15 is 0 Å². The second-order valence-electron chi connectivity index (χ2n) is 4.43. The second kappa shape index (κ2) is 7.86. The number of amides is 2. The summed E-state index contributed by atoms with van der Waals surface area (Å²) in [4.78, 5) is 23.6. The van der Waals surface area contributed by atoms with E-state index in [9.17, 15) is 9.59 Å². The van der Waals surface area contributed by atoms with E-state index in [1.165, 1.54) is 11.3 Å². The number of carbonyl (C=O) groups excluding carboxylic acids is 2. The van der Waals surface area contributed by atoms with Crippen molar-refractivity contribution in [2.45, 2.75) is 26.2 Å². The molecule has 2 N–H and O–H groups in total. The Morgan fingerprint density at radius 2 is 1.82 bits per heavy atom. The molecular formula is C14H15ClN4O2S. The minimum atomic E-state index is -0.270. The van der Waals surface area contributed by atoms with Crippen LogP contribution < -0.4 is 10.6 Å². The number of carbonyl (C=O) groups is 2. The number of benzene rings is 1. The third-order valence-corrected chi connectivity index (χ3v) is 4.06. The number of nitrogens with zero attached hydrogens (tertiary/aromatic N) is 2. The van der Waals surface area contributed by atoms with Gasteiger partial charge in [-0.3, -0.25) is 9.59 Å². The first-order chi connectivity index (χ1) is 10.6. The molecule has 2 aromatic rings. The van der Waals surface area contributed by atoms with Gasteiger partial charge in [0.25, 0.3) is 0 Å². The maximum absolute atomic E-state index is 11.8. The number of anilines is 2. The Balaban J connectivity index is 1.78. The Morgan fingerprint density at radius 1 is 1.14 bits per heavy atom. The SMILES string of the molecule is CCc1nnc(NC(=O)CCC(=O)Nc2ccccc2Cl)s1. The molecule has 0 aliphatic carbocycles. The lowest BCUT2D eigenvalue weighted by Gasteiger charge is -2.06. The van der Waals surface area contributed by atoms with Gasteiger partial charge in [0, 0.05) is 12.8 Å². The number of hydrogen-bond acceptors (Lipinski definition) is 5. The van der Waals surface area contributed by atoms with E-state index < -0.39 is 0 Å². The molecule has 0 aliphatic heterocycles. The van der Waals surface area contributed by atoms with E-state index in [-0.39, 0.29) is 24.7 Å². The topological polar surface area (TPSA) is 84.0 Å². The third-order valence-electron chi connectivity index (χ3n) is 2.74. The number of rotatable bonds is 6. The average Bonchev–Trinajstić information content (AvgIpc) is 2.95. The molecule has 1 aromatic carbocycles. The molecule has 0 saturated carbocycles. The lowest BCUT2D eigenvalue weighted by molar-refractivity contribution is -0.121. The zero-order valence-corrected chi connectivity index (χ0v) is 13.5. The molecule has 0 atom stereocenters. The highest BCUT2D eigenvalue weighted by molar-refractivity contribution is 7.15. The fourth-order valence-corrected chi connectivity index (χ4v) is 2.51. The van der Waals surface area contributed by atoms with Crippen molar-refractivity contribution in [2.24, 2.45) is 0 Å². The maximum Gasteiger partial charge on any atom is 0.226 e. The van der Waals surface area contributed by atoms with Gasteiger partial charge in [-0.15, -0.1) is 10.2 Å². The van der Waals surface area contributed by atoms with Crippen LogP contribution in [0.5, 0.6) is 0 Å². The van der Waals surface area contributed by atoms with Gasteiger partial charge in [0.15, 0.2) is 0 Å². The summed E-state index contributed by atoms with van der Waals surface area (Å²) in [5, 5.41) is 14.8. The van der Waals surface area contributed by atoms with E-state index in [1.54, 1.807) is 24.3 Å². The van der Waals surface area contributed by atoms with Crippen molar-refractivity contribution in [3.8, 4) is 0 Å². The number of aromatic nitrogens is 2. The molecule has 2 amide bonds. The molecule has 6 nitrogen and oxygen atoms in total. The lowest BCUT2D eigenvalue weighted by atomic mass is 10.2. The van der Waals surface area contributed by atoms with Gasteiger partial charge in [0.2, 0.25) is 16.9 Å². The van der Waals surface area contributed by atoms with E-state index in [1.807, 2.05) is 6.92 Å². The van der Waals surface area contributed by atoms with E-state index in [4.69, 9.17) is 11.6 Å². The summed E-state index contributed by atoms with van der Waals surface area (Å²) in [5.74, 6) is -0.539. The van der Waals surface area contributed by atoms with Crippen molar-refractivity contribution in [1.82, 2.24) is 10.2 Å². The Hall–Kier alpha value is -1.99. The van der Waals surface area contributed by atoms with E-state index in [0.29, 0.717) is 15.8 Å². The molecule has 0 aliphatic rings. The smallest absolute Gasteiger partial charge is 0.226 e. The minimum Gasteiger partial charge on any atom is -0.325 e. The maximum atomic E-state index is 11.8. The van der Waals surface area contributed by atoms with Gasteiger partial charge in [-0.05, 0) is 18.6 Å². The van der Waals surface area contributed by atoms with Crippen LogP contribution in [0.1, 0.15) is 24.8 Å². The van der Waals surface area contributed by atoms with Crippen LogP contribution in [0.4, 0.5) is 10.8 Å². The molecule has 0 saturated heterocycles. The zero-order valence-electron chi connectivity index (χ0n) is 11.9. The van der Waals surface area contributed by atoms with Crippen LogP contribution in [0.3, 0.4) is 0 Å². The van der Waals surface area contributed by atoms with Crippen LogP contribution in [0.25, 0.3) is 0 Å². The highest BCUT2D eigenvalue weighted by Crippen LogP contribution is 2.20. The molecule has 0 fully saturated rings. The van der Waals surface area contributed by atoms with Crippen LogP contribution >= 0.6 is 22.9 Å². The van der Waals surface area contributed by atoms with Crippen molar-refractivity contribution >= 4 is 45.6 Å². The molecule has 0 unspecified atom stereocenters. The largest absolute Gasteiger partial charge is 0.325 e. The van der Waals surface area contributed by atoms with Crippen molar-refractivity contribution in [3.05, 3.63) is 34.3 Å². The van der Waals surface area contributed by atoms with Crippen molar-refractivity contribution in [2.75, 3.05) is 10.6 Å². The molecule has 0 radical (unpaired) electrons. The number of para-hydroxylation sites is 1. The van der Waals surface area contributed by atoms with Gasteiger partial charge in [0.1, 0.15) is 5.01 Å². The van der Waals surface area contributed by atoms with Crippen molar-refractivity contribution < 1.29 is 9.59 Å². The van der Waals surface area contributed by atoms with Gasteiger partial charge in [-0.2, -0.15) is 0 Å². The predicted octanol–water partition coefficient (Wildman–Crippen LogP) is 3.11. The standard InChI is InChI=1S/C14H15ClN4O2S/c1-2-13-18-19-14(22-13)17-12(21)8-7-11(20)16-10-6-4-3-5-9(10)15/h3-6H,2,7-8H2,1H3,(H,16,20)(H,17,19,21). The van der Waals surface area contributed by atoms with Crippen LogP contribution in [-0.2, 0) is 16.0 Å².